The second-order valence-corrected chi connectivity index (χ2v) is 6.87. The molecule has 0 radical (unpaired) electrons. The summed E-state index contributed by atoms with van der Waals surface area (Å²) in [6.45, 7) is -0.0133. The molecule has 2 N–H and O–H groups in total. The average Bonchev–Trinajstić information content (AvgIpc) is 3.09. The van der Waals surface area contributed by atoms with Gasteiger partial charge in [-0.2, -0.15) is 19.7 Å². The average molecular weight is 312 g/mol. The van der Waals surface area contributed by atoms with Gasteiger partial charge in [0.2, 0.25) is 10.0 Å². The molecular formula is C12H13FN4O3S. The van der Waals surface area contributed by atoms with Gasteiger partial charge >= 0.3 is 0 Å². The number of hydrogen-bond acceptors (Lipinski definition) is 5. The maximum atomic E-state index is 13.2. The van der Waals surface area contributed by atoms with Crippen LogP contribution in [0.5, 0.6) is 0 Å². The number of halogens is 1. The van der Waals surface area contributed by atoms with Crippen molar-refractivity contribution in [2.45, 2.75) is 16.9 Å². The summed E-state index contributed by atoms with van der Waals surface area (Å²) in [5.41, 5.74) is -1.09. The molecule has 2 heterocycles. The fraction of sp³-hybridized carbons (Fsp3) is 0.333. The summed E-state index contributed by atoms with van der Waals surface area (Å²) in [4.78, 5) is -0.132. The molecule has 2 aromatic rings. The minimum absolute atomic E-state index is 0.127. The number of aromatic nitrogens is 3. The topological polar surface area (TPSA) is 99.2 Å². The fourth-order valence-electron chi connectivity index (χ4n) is 2.38. The number of nitrogens with one attached hydrogen (secondary N) is 1. The highest BCUT2D eigenvalue weighted by Gasteiger charge is 2.44. The van der Waals surface area contributed by atoms with E-state index in [1.165, 1.54) is 24.4 Å². The summed E-state index contributed by atoms with van der Waals surface area (Å²) < 4.78 is 39.2. The lowest BCUT2D eigenvalue weighted by molar-refractivity contribution is 0.0485. The number of β-amino-alcohol motifs (C(OH)–C–C–N with tert-alkyl or cyclic N) is 1. The first-order valence-corrected chi connectivity index (χ1v) is 7.70. The molecule has 1 saturated heterocycles. The lowest BCUT2D eigenvalue weighted by Gasteiger charge is -2.21. The normalized spacial score (nSPS) is 23.5. The van der Waals surface area contributed by atoms with Crippen LogP contribution in [0.2, 0.25) is 0 Å². The van der Waals surface area contributed by atoms with E-state index in [4.69, 9.17) is 0 Å². The first-order valence-electron chi connectivity index (χ1n) is 6.26. The summed E-state index contributed by atoms with van der Waals surface area (Å²) in [6, 6.07) is 4.80. The van der Waals surface area contributed by atoms with Gasteiger partial charge in [-0.05, 0) is 24.6 Å². The first-order chi connectivity index (χ1) is 9.92. The van der Waals surface area contributed by atoms with Gasteiger partial charge in [-0.3, -0.25) is 0 Å². The van der Waals surface area contributed by atoms with Crippen LogP contribution in [0.4, 0.5) is 4.39 Å². The van der Waals surface area contributed by atoms with Crippen molar-refractivity contribution in [3.05, 3.63) is 42.0 Å². The van der Waals surface area contributed by atoms with Crippen LogP contribution < -0.4 is 0 Å². The second-order valence-electron chi connectivity index (χ2n) is 4.93. The third-order valence-corrected chi connectivity index (χ3v) is 5.38. The number of aromatic amines is 1. The van der Waals surface area contributed by atoms with E-state index in [0.29, 0.717) is 5.69 Å². The Morgan fingerprint density at radius 3 is 2.90 bits per heavy atom. The second kappa shape index (κ2) is 4.86. The number of sulfonamides is 1. The molecule has 3 rings (SSSR count). The number of rotatable bonds is 3. The van der Waals surface area contributed by atoms with Gasteiger partial charge in [0.1, 0.15) is 17.1 Å². The van der Waals surface area contributed by atoms with Gasteiger partial charge in [-0.1, -0.05) is 6.07 Å². The summed E-state index contributed by atoms with van der Waals surface area (Å²) in [5.74, 6) is -0.623. The molecule has 1 aliphatic rings. The molecule has 112 valence electrons. The zero-order valence-electron chi connectivity index (χ0n) is 10.9. The molecule has 0 bridgehead atoms. The van der Waals surface area contributed by atoms with Crippen LogP contribution in [-0.4, -0.2) is 46.3 Å². The van der Waals surface area contributed by atoms with Crippen LogP contribution in [0.15, 0.2) is 35.4 Å². The van der Waals surface area contributed by atoms with Gasteiger partial charge in [0.15, 0.2) is 0 Å². The quantitative estimate of drug-likeness (QED) is 0.845. The highest BCUT2D eigenvalue weighted by molar-refractivity contribution is 7.89. The van der Waals surface area contributed by atoms with Crippen molar-refractivity contribution in [1.82, 2.24) is 19.7 Å². The SMILES string of the molecule is O=S(=O)(c1cccc(F)c1)N1CCC(O)(c2cn[nH]n2)C1. The van der Waals surface area contributed by atoms with E-state index in [1.54, 1.807) is 0 Å². The molecule has 7 nitrogen and oxygen atoms in total. The monoisotopic (exact) mass is 312 g/mol. The zero-order valence-corrected chi connectivity index (χ0v) is 11.7. The van der Waals surface area contributed by atoms with Crippen LogP contribution in [-0.2, 0) is 15.6 Å². The summed E-state index contributed by atoms with van der Waals surface area (Å²) in [6.07, 6.45) is 1.56. The first kappa shape index (κ1) is 14.1. The van der Waals surface area contributed by atoms with E-state index in [1.807, 2.05) is 0 Å². The standard InChI is InChI=1S/C12H13FN4O3S/c13-9-2-1-3-10(6-9)21(19,20)17-5-4-12(18,8-17)11-7-14-16-15-11/h1-3,6-7,18H,4-5,8H2,(H,14,15,16). The Hall–Kier alpha value is -1.84. The molecule has 1 aromatic carbocycles. The Bertz CT molecular complexity index is 750. The Morgan fingerprint density at radius 2 is 2.24 bits per heavy atom. The van der Waals surface area contributed by atoms with E-state index in [0.717, 1.165) is 10.4 Å². The summed E-state index contributed by atoms with van der Waals surface area (Å²) >= 11 is 0. The molecule has 9 heteroatoms. The molecule has 1 fully saturated rings. The van der Waals surface area contributed by atoms with Crippen molar-refractivity contribution in [2.75, 3.05) is 13.1 Å². The van der Waals surface area contributed by atoms with Crippen molar-refractivity contribution in [2.24, 2.45) is 0 Å². The summed E-state index contributed by atoms with van der Waals surface area (Å²) in [5, 5.41) is 20.3. The Morgan fingerprint density at radius 1 is 1.43 bits per heavy atom. The molecule has 0 spiro atoms. The molecule has 0 aliphatic carbocycles. The molecule has 1 atom stereocenters. The Labute approximate surface area is 120 Å². The van der Waals surface area contributed by atoms with E-state index in [2.05, 4.69) is 15.4 Å². The van der Waals surface area contributed by atoms with Crippen LogP contribution in [0, 0.1) is 5.82 Å². The fourth-order valence-corrected chi connectivity index (χ4v) is 3.90. The van der Waals surface area contributed by atoms with Crippen molar-refractivity contribution in [3.63, 3.8) is 0 Å². The molecule has 1 aromatic heterocycles. The smallest absolute Gasteiger partial charge is 0.243 e. The Balaban J connectivity index is 1.89. The molecule has 0 saturated carbocycles. The minimum atomic E-state index is -3.85. The predicted octanol–water partition coefficient (Wildman–Crippen LogP) is 0.226. The number of hydrogen-bond donors (Lipinski definition) is 2. The van der Waals surface area contributed by atoms with Gasteiger partial charge in [0.05, 0.1) is 11.1 Å². The van der Waals surface area contributed by atoms with Crippen LogP contribution in [0.25, 0.3) is 0 Å². The van der Waals surface area contributed by atoms with E-state index >= 15 is 0 Å². The molecule has 21 heavy (non-hydrogen) atoms. The van der Waals surface area contributed by atoms with Crippen molar-refractivity contribution < 1.29 is 17.9 Å². The van der Waals surface area contributed by atoms with E-state index < -0.39 is 21.4 Å². The summed E-state index contributed by atoms with van der Waals surface area (Å²) in [7, 11) is -3.85. The van der Waals surface area contributed by atoms with Crippen LogP contribution >= 0.6 is 0 Å². The van der Waals surface area contributed by atoms with Crippen LogP contribution in [0.3, 0.4) is 0 Å². The van der Waals surface area contributed by atoms with Gasteiger partial charge in [0.25, 0.3) is 0 Å². The minimum Gasteiger partial charge on any atom is -0.382 e. The highest BCUT2D eigenvalue weighted by atomic mass is 32.2. The highest BCUT2D eigenvalue weighted by Crippen LogP contribution is 2.33. The number of H-pyrrole nitrogens is 1. The molecule has 0 amide bonds. The Kier molecular flexibility index (Phi) is 3.27. The molecular weight excluding hydrogens is 299 g/mol. The van der Waals surface area contributed by atoms with Crippen molar-refractivity contribution >= 4 is 10.0 Å². The van der Waals surface area contributed by atoms with E-state index in [9.17, 15) is 17.9 Å². The predicted molar refractivity (Wildman–Crippen MR) is 70.1 cm³/mol. The zero-order chi connectivity index (χ0) is 15.1. The molecule has 1 unspecified atom stereocenters. The number of nitrogens with zero attached hydrogens (tertiary/aromatic N) is 3. The lowest BCUT2D eigenvalue weighted by Crippen LogP contribution is -2.34. The van der Waals surface area contributed by atoms with Gasteiger partial charge in [-0.25, -0.2) is 12.8 Å². The largest absolute Gasteiger partial charge is 0.382 e. The van der Waals surface area contributed by atoms with Gasteiger partial charge < -0.3 is 5.11 Å². The number of benzene rings is 1. The third-order valence-electron chi connectivity index (χ3n) is 3.54. The maximum absolute atomic E-state index is 13.2. The maximum Gasteiger partial charge on any atom is 0.243 e. The van der Waals surface area contributed by atoms with Crippen molar-refractivity contribution in [1.29, 1.82) is 0 Å². The number of aliphatic hydroxyl groups is 1. The molecule has 1 aliphatic heterocycles. The van der Waals surface area contributed by atoms with E-state index in [-0.39, 0.29) is 24.4 Å². The lowest BCUT2D eigenvalue weighted by atomic mass is 10.0. The van der Waals surface area contributed by atoms with Crippen LogP contribution in [0.1, 0.15) is 12.1 Å². The van der Waals surface area contributed by atoms with Gasteiger partial charge in [0, 0.05) is 13.1 Å². The third kappa shape index (κ3) is 2.43. The van der Waals surface area contributed by atoms with Gasteiger partial charge in [-0.15, -0.1) is 0 Å². The van der Waals surface area contributed by atoms with Crippen molar-refractivity contribution in [3.8, 4) is 0 Å².